The molecule has 1 aromatic heterocycles. The van der Waals surface area contributed by atoms with Gasteiger partial charge < -0.3 is 23.5 Å². The third-order valence-electron chi connectivity index (χ3n) is 7.46. The van der Waals surface area contributed by atoms with Crippen molar-refractivity contribution in [2.45, 2.75) is 49.3 Å². The molecule has 33 heavy (non-hydrogen) atoms. The first kappa shape index (κ1) is 21.2. The number of hydrogen-bond acceptors (Lipinski definition) is 8. The van der Waals surface area contributed by atoms with Gasteiger partial charge in [0.2, 0.25) is 6.39 Å². The van der Waals surface area contributed by atoms with E-state index in [4.69, 9.17) is 18.6 Å². The number of aromatic nitrogens is 2. The maximum atomic E-state index is 14.7. The summed E-state index contributed by atoms with van der Waals surface area (Å²) in [6, 6.07) is 3.25. The second-order valence-corrected chi connectivity index (χ2v) is 9.65. The number of benzene rings is 1. The van der Waals surface area contributed by atoms with Crippen molar-refractivity contribution in [2.75, 3.05) is 50.9 Å². The Labute approximate surface area is 190 Å². The van der Waals surface area contributed by atoms with Crippen LogP contribution < -0.4 is 9.64 Å². The minimum atomic E-state index is -0.624. The Hall–Kier alpha value is -2.30. The molecule has 178 valence electrons. The maximum absolute atomic E-state index is 14.7. The van der Waals surface area contributed by atoms with E-state index in [1.54, 1.807) is 0 Å². The van der Waals surface area contributed by atoms with Crippen molar-refractivity contribution in [3.8, 4) is 5.75 Å². The minimum absolute atomic E-state index is 0.0665. The number of halogens is 2. The lowest BCUT2D eigenvalue weighted by molar-refractivity contribution is -0.0216. The molecule has 0 bridgehead atoms. The van der Waals surface area contributed by atoms with Crippen molar-refractivity contribution in [2.24, 2.45) is 0 Å². The van der Waals surface area contributed by atoms with Gasteiger partial charge in [-0.3, -0.25) is 4.90 Å². The average molecular weight is 462 g/mol. The molecule has 4 aliphatic heterocycles. The van der Waals surface area contributed by atoms with Gasteiger partial charge in [0.25, 0.3) is 0 Å². The first-order valence-corrected chi connectivity index (χ1v) is 11.7. The Balaban J connectivity index is 1.08. The van der Waals surface area contributed by atoms with Crippen molar-refractivity contribution in [3.05, 3.63) is 35.7 Å². The van der Waals surface area contributed by atoms with Crippen molar-refractivity contribution >= 4 is 6.01 Å². The van der Waals surface area contributed by atoms with E-state index in [1.807, 2.05) is 4.90 Å². The van der Waals surface area contributed by atoms with E-state index < -0.39 is 11.6 Å². The Kier molecular flexibility index (Phi) is 5.46. The third kappa shape index (κ3) is 4.08. The molecule has 4 aliphatic rings. The van der Waals surface area contributed by atoms with Crippen LogP contribution in [0.5, 0.6) is 5.75 Å². The Morgan fingerprint density at radius 1 is 1.09 bits per heavy atom. The number of likely N-dealkylation sites (tertiary alicyclic amines) is 1. The second kappa shape index (κ2) is 8.48. The molecule has 0 saturated carbocycles. The topological polar surface area (TPSA) is 73.1 Å². The largest absolute Gasteiger partial charge is 0.485 e. The number of hydrogen-bond donors (Lipinski definition) is 0. The molecule has 1 spiro atoms. The summed E-state index contributed by atoms with van der Waals surface area (Å²) in [5.41, 5.74) is 0.499. The summed E-state index contributed by atoms with van der Waals surface area (Å²) in [5, 5.41) is 7.70. The number of anilines is 1. The molecule has 10 heteroatoms. The fraction of sp³-hybridized carbons (Fsp3) is 0.652. The highest BCUT2D eigenvalue weighted by Gasteiger charge is 2.52. The van der Waals surface area contributed by atoms with Crippen LogP contribution in [0.1, 0.15) is 37.2 Å². The van der Waals surface area contributed by atoms with Gasteiger partial charge in [0, 0.05) is 24.1 Å². The van der Waals surface area contributed by atoms with Crippen LogP contribution in [0.4, 0.5) is 14.8 Å². The van der Waals surface area contributed by atoms with E-state index in [2.05, 4.69) is 15.1 Å². The summed E-state index contributed by atoms with van der Waals surface area (Å²) < 4.78 is 51.5. The van der Waals surface area contributed by atoms with Crippen molar-refractivity contribution < 1.29 is 27.4 Å². The van der Waals surface area contributed by atoms with Crippen LogP contribution in [-0.4, -0.2) is 78.8 Å². The molecular formula is C23H28F2N4O4. The van der Waals surface area contributed by atoms with Crippen LogP contribution >= 0.6 is 0 Å². The average Bonchev–Trinajstić information content (AvgIpc) is 3.56. The lowest BCUT2D eigenvalue weighted by Crippen LogP contribution is -2.62. The summed E-state index contributed by atoms with van der Waals surface area (Å²) >= 11 is 0. The molecule has 1 aromatic carbocycles. The smallest absolute Gasteiger partial charge is 0.318 e. The van der Waals surface area contributed by atoms with Crippen LogP contribution in [0.2, 0.25) is 0 Å². The highest BCUT2D eigenvalue weighted by molar-refractivity contribution is 5.39. The molecule has 2 atom stereocenters. The van der Waals surface area contributed by atoms with Gasteiger partial charge in [-0.2, -0.15) is 0 Å². The highest BCUT2D eigenvalue weighted by atomic mass is 19.1. The number of rotatable bonds is 5. The van der Waals surface area contributed by atoms with E-state index in [9.17, 15) is 8.78 Å². The minimum Gasteiger partial charge on any atom is -0.485 e. The quantitative estimate of drug-likeness (QED) is 0.672. The summed E-state index contributed by atoms with van der Waals surface area (Å²) in [5.74, 6) is -0.913. The van der Waals surface area contributed by atoms with Gasteiger partial charge in [-0.15, -0.1) is 5.10 Å². The molecule has 0 amide bonds. The van der Waals surface area contributed by atoms with Crippen LogP contribution in [0.3, 0.4) is 0 Å². The van der Waals surface area contributed by atoms with Crippen LogP contribution in [0, 0.1) is 11.6 Å². The molecule has 6 rings (SSSR count). The fourth-order valence-corrected chi connectivity index (χ4v) is 5.72. The van der Waals surface area contributed by atoms with Gasteiger partial charge in [0.1, 0.15) is 17.5 Å². The zero-order chi connectivity index (χ0) is 22.4. The summed E-state index contributed by atoms with van der Waals surface area (Å²) in [4.78, 5) is 4.50. The molecule has 2 aromatic rings. The Morgan fingerprint density at radius 2 is 1.94 bits per heavy atom. The zero-order valence-electron chi connectivity index (χ0n) is 18.4. The monoisotopic (exact) mass is 462 g/mol. The van der Waals surface area contributed by atoms with Gasteiger partial charge in [0.05, 0.1) is 32.9 Å². The predicted molar refractivity (Wildman–Crippen MR) is 113 cm³/mol. The van der Waals surface area contributed by atoms with Crippen molar-refractivity contribution in [1.82, 2.24) is 15.1 Å². The van der Waals surface area contributed by atoms with Crippen LogP contribution in [0.15, 0.2) is 22.9 Å². The number of piperidine rings is 1. The van der Waals surface area contributed by atoms with Crippen molar-refractivity contribution in [3.63, 3.8) is 0 Å². The maximum Gasteiger partial charge on any atom is 0.318 e. The molecule has 5 heterocycles. The van der Waals surface area contributed by atoms with Gasteiger partial charge in [0.15, 0.2) is 11.6 Å². The Morgan fingerprint density at radius 3 is 2.67 bits per heavy atom. The standard InChI is InChI=1S/C23H28F2N4O4/c24-16-7-19(21(20(25)8-16)33-18-3-6-30-11-18)15-1-4-28(5-2-15)17-9-23(32-10-17)12-29(13-23)22-27-26-14-31-22/h7-8,14-15,17-18H,1-6,9-13H2. The van der Waals surface area contributed by atoms with Crippen molar-refractivity contribution in [1.29, 1.82) is 0 Å². The second-order valence-electron chi connectivity index (χ2n) is 9.65. The van der Waals surface area contributed by atoms with E-state index in [0.29, 0.717) is 37.4 Å². The molecule has 0 radical (unpaired) electrons. The zero-order valence-corrected chi connectivity index (χ0v) is 18.4. The first-order chi connectivity index (χ1) is 16.1. The van der Waals surface area contributed by atoms with E-state index in [-0.39, 0.29) is 23.4 Å². The first-order valence-electron chi connectivity index (χ1n) is 11.7. The lowest BCUT2D eigenvalue weighted by atomic mass is 9.86. The van der Waals surface area contributed by atoms with Crippen LogP contribution in [0.25, 0.3) is 0 Å². The van der Waals surface area contributed by atoms with E-state index >= 15 is 0 Å². The van der Waals surface area contributed by atoms with Gasteiger partial charge >= 0.3 is 6.01 Å². The number of ether oxygens (including phenoxy) is 3. The van der Waals surface area contributed by atoms with Gasteiger partial charge in [-0.05, 0) is 44.3 Å². The van der Waals surface area contributed by atoms with Gasteiger partial charge in [-0.25, -0.2) is 8.78 Å². The molecule has 4 saturated heterocycles. The molecular weight excluding hydrogens is 434 g/mol. The Bertz CT molecular complexity index is 971. The summed E-state index contributed by atoms with van der Waals surface area (Å²) in [7, 11) is 0. The highest BCUT2D eigenvalue weighted by Crippen LogP contribution is 2.42. The normalized spacial score (nSPS) is 27.9. The predicted octanol–water partition coefficient (Wildman–Crippen LogP) is 2.74. The number of nitrogens with zero attached hydrogens (tertiary/aromatic N) is 4. The van der Waals surface area contributed by atoms with Crippen LogP contribution in [-0.2, 0) is 9.47 Å². The molecule has 2 unspecified atom stereocenters. The lowest BCUT2D eigenvalue weighted by Gasteiger charge is -2.46. The van der Waals surface area contributed by atoms with E-state index in [0.717, 1.165) is 57.9 Å². The summed E-state index contributed by atoms with van der Waals surface area (Å²) in [6.07, 6.45) is 4.51. The SMILES string of the molecule is Fc1cc(F)c(OC2CCOC2)c(C2CCN(C3COC4(C3)CN(c3nnco3)C4)CC2)c1. The molecule has 8 nitrogen and oxygen atoms in total. The van der Waals surface area contributed by atoms with Gasteiger partial charge in [-0.1, -0.05) is 5.10 Å². The molecule has 4 fully saturated rings. The molecule has 0 N–H and O–H groups in total. The summed E-state index contributed by atoms with van der Waals surface area (Å²) in [6.45, 7) is 5.01. The molecule has 0 aliphatic carbocycles. The fourth-order valence-electron chi connectivity index (χ4n) is 5.72. The van der Waals surface area contributed by atoms with E-state index in [1.165, 1.54) is 12.5 Å². The third-order valence-corrected chi connectivity index (χ3v) is 7.46.